The molecular formula is C19H17ClN4O. The van der Waals surface area contributed by atoms with Gasteiger partial charge in [0.1, 0.15) is 0 Å². The molecule has 1 N–H and O–H groups in total. The fourth-order valence-electron chi connectivity index (χ4n) is 3.21. The van der Waals surface area contributed by atoms with Crippen molar-refractivity contribution in [3.05, 3.63) is 82.9 Å². The Balaban J connectivity index is 1.81. The molecule has 0 aliphatic carbocycles. The summed E-state index contributed by atoms with van der Waals surface area (Å²) in [6.07, 6.45) is 5.52. The molecule has 0 radical (unpaired) electrons. The normalized spacial score (nSPS) is 14.8. The van der Waals surface area contributed by atoms with Gasteiger partial charge in [0.15, 0.2) is 0 Å². The van der Waals surface area contributed by atoms with E-state index >= 15 is 0 Å². The van der Waals surface area contributed by atoms with Gasteiger partial charge in [-0.3, -0.25) is 0 Å². The van der Waals surface area contributed by atoms with Crippen LogP contribution in [0, 0.1) is 0 Å². The van der Waals surface area contributed by atoms with Gasteiger partial charge in [0, 0.05) is 36.7 Å². The zero-order chi connectivity index (χ0) is 17.4. The van der Waals surface area contributed by atoms with Crippen molar-refractivity contribution in [3.8, 4) is 0 Å². The number of rotatable bonds is 3. The molecule has 1 unspecified atom stereocenters. The van der Waals surface area contributed by atoms with Crippen LogP contribution in [-0.2, 0) is 6.54 Å². The van der Waals surface area contributed by atoms with Gasteiger partial charge in [-0.2, -0.15) is 0 Å². The number of nitrogens with zero attached hydrogens (tertiary/aromatic N) is 3. The highest BCUT2D eigenvalue weighted by Gasteiger charge is 2.22. The van der Waals surface area contributed by atoms with E-state index in [-0.39, 0.29) is 12.1 Å². The molecule has 4 rings (SSSR count). The summed E-state index contributed by atoms with van der Waals surface area (Å²) in [5.41, 5.74) is 4.15. The minimum atomic E-state index is -0.0822. The van der Waals surface area contributed by atoms with Crippen LogP contribution in [0.15, 0.2) is 61.2 Å². The number of anilines is 1. The second-order valence-electron chi connectivity index (χ2n) is 6.17. The van der Waals surface area contributed by atoms with Crippen LogP contribution in [0.25, 0.3) is 0 Å². The predicted octanol–water partition coefficient (Wildman–Crippen LogP) is 4.15. The number of carbonyl (C=O) groups is 1. The fourth-order valence-corrected chi connectivity index (χ4v) is 3.41. The van der Waals surface area contributed by atoms with Crippen molar-refractivity contribution in [2.45, 2.75) is 12.6 Å². The third-order valence-electron chi connectivity index (χ3n) is 4.43. The van der Waals surface area contributed by atoms with Crippen LogP contribution in [0.4, 0.5) is 10.5 Å². The molecule has 0 spiro atoms. The maximum absolute atomic E-state index is 11.8. The lowest BCUT2D eigenvalue weighted by atomic mass is 9.95. The van der Waals surface area contributed by atoms with Crippen molar-refractivity contribution < 1.29 is 4.79 Å². The van der Waals surface area contributed by atoms with Crippen LogP contribution >= 0.6 is 11.6 Å². The summed E-state index contributed by atoms with van der Waals surface area (Å²) >= 11 is 6.21. The van der Waals surface area contributed by atoms with Gasteiger partial charge in [0.05, 0.1) is 12.4 Å². The number of imidazole rings is 1. The Kier molecular flexibility index (Phi) is 3.93. The van der Waals surface area contributed by atoms with E-state index in [0.717, 1.165) is 22.4 Å². The second-order valence-corrected chi connectivity index (χ2v) is 6.61. The first-order valence-corrected chi connectivity index (χ1v) is 8.37. The lowest BCUT2D eigenvalue weighted by Gasteiger charge is -2.28. The molecule has 3 aromatic rings. The molecule has 0 saturated heterocycles. The zero-order valence-corrected chi connectivity index (χ0v) is 14.4. The lowest BCUT2D eigenvalue weighted by Crippen LogP contribution is -2.35. The number of hydrogen-bond donors (Lipinski definition) is 1. The Morgan fingerprint density at radius 3 is 2.80 bits per heavy atom. The van der Waals surface area contributed by atoms with Crippen molar-refractivity contribution in [1.29, 1.82) is 0 Å². The Morgan fingerprint density at radius 1 is 1.20 bits per heavy atom. The van der Waals surface area contributed by atoms with Gasteiger partial charge in [-0.15, -0.1) is 0 Å². The van der Waals surface area contributed by atoms with E-state index in [2.05, 4.69) is 27.0 Å². The Labute approximate surface area is 150 Å². The number of fused-ring (bicyclic) bond motifs is 1. The molecule has 1 aliphatic heterocycles. The molecule has 126 valence electrons. The molecule has 2 heterocycles. The van der Waals surface area contributed by atoms with E-state index < -0.39 is 0 Å². The minimum absolute atomic E-state index is 0.0329. The quantitative estimate of drug-likeness (QED) is 0.769. The molecule has 2 amide bonds. The van der Waals surface area contributed by atoms with Gasteiger partial charge >= 0.3 is 6.03 Å². The van der Waals surface area contributed by atoms with Crippen LogP contribution in [0.1, 0.15) is 22.7 Å². The number of benzene rings is 2. The highest BCUT2D eigenvalue weighted by atomic mass is 35.5. The largest absolute Gasteiger partial charge is 0.326 e. The van der Waals surface area contributed by atoms with Gasteiger partial charge in [0.25, 0.3) is 0 Å². The fraction of sp³-hybridized carbons (Fsp3) is 0.158. The van der Waals surface area contributed by atoms with Crippen molar-refractivity contribution in [3.63, 3.8) is 0 Å². The predicted molar refractivity (Wildman–Crippen MR) is 97.8 cm³/mol. The number of aromatic nitrogens is 2. The first-order valence-electron chi connectivity index (χ1n) is 7.99. The molecule has 5 nitrogen and oxygen atoms in total. The highest BCUT2D eigenvalue weighted by molar-refractivity contribution is 6.30. The molecule has 25 heavy (non-hydrogen) atoms. The van der Waals surface area contributed by atoms with Gasteiger partial charge < -0.3 is 14.8 Å². The molecule has 1 aromatic heterocycles. The molecule has 0 bridgehead atoms. The van der Waals surface area contributed by atoms with E-state index in [0.29, 0.717) is 11.6 Å². The van der Waals surface area contributed by atoms with Crippen LogP contribution in [-0.4, -0.2) is 27.5 Å². The third kappa shape index (κ3) is 2.98. The molecular weight excluding hydrogens is 336 g/mol. The van der Waals surface area contributed by atoms with Crippen molar-refractivity contribution in [2.24, 2.45) is 0 Å². The molecule has 1 aliphatic rings. The van der Waals surface area contributed by atoms with Gasteiger partial charge in [-0.1, -0.05) is 29.8 Å². The number of urea groups is 1. The Hall–Kier alpha value is -2.79. The summed E-state index contributed by atoms with van der Waals surface area (Å²) < 4.78 is 2.05. The van der Waals surface area contributed by atoms with Crippen molar-refractivity contribution in [1.82, 2.24) is 14.5 Å². The van der Waals surface area contributed by atoms with Crippen molar-refractivity contribution >= 4 is 23.3 Å². The number of halogens is 1. The first kappa shape index (κ1) is 15.7. The maximum atomic E-state index is 11.8. The van der Waals surface area contributed by atoms with Gasteiger partial charge in [-0.25, -0.2) is 9.78 Å². The smallest absolute Gasteiger partial charge is 0.321 e. The number of amides is 2. The number of nitrogens with one attached hydrogen (secondary N) is 1. The van der Waals surface area contributed by atoms with Crippen LogP contribution in [0.3, 0.4) is 0 Å². The summed E-state index contributed by atoms with van der Waals surface area (Å²) in [5.74, 6) is 0. The Bertz CT molecular complexity index is 923. The summed E-state index contributed by atoms with van der Waals surface area (Å²) in [6.45, 7) is 0.585. The number of hydrogen-bond acceptors (Lipinski definition) is 2. The molecule has 6 heteroatoms. The van der Waals surface area contributed by atoms with Crippen molar-refractivity contribution in [2.75, 3.05) is 12.4 Å². The summed E-state index contributed by atoms with van der Waals surface area (Å²) in [4.78, 5) is 17.7. The zero-order valence-electron chi connectivity index (χ0n) is 13.7. The van der Waals surface area contributed by atoms with E-state index in [9.17, 15) is 4.79 Å². The van der Waals surface area contributed by atoms with Gasteiger partial charge in [0.2, 0.25) is 0 Å². The topological polar surface area (TPSA) is 50.2 Å². The minimum Gasteiger partial charge on any atom is -0.326 e. The summed E-state index contributed by atoms with van der Waals surface area (Å²) in [5, 5.41) is 3.61. The molecule has 2 aromatic carbocycles. The average molecular weight is 353 g/mol. The first-order chi connectivity index (χ1) is 12.1. The van der Waals surface area contributed by atoms with E-state index in [1.165, 1.54) is 0 Å². The maximum Gasteiger partial charge on any atom is 0.321 e. The SMILES string of the molecule is CN1Cc2cc(C(c3cccc(Cl)c3)n3ccnc3)ccc2NC1=O. The standard InChI is InChI=1S/C19H17ClN4O/c1-23-11-15-9-14(5-6-17(15)22-19(23)25)18(24-8-7-21-12-24)13-3-2-4-16(20)10-13/h2-10,12,18H,11H2,1H3,(H,22,25). The monoisotopic (exact) mass is 352 g/mol. The summed E-state index contributed by atoms with van der Waals surface area (Å²) in [7, 11) is 1.79. The second kappa shape index (κ2) is 6.26. The lowest BCUT2D eigenvalue weighted by molar-refractivity contribution is 0.218. The highest BCUT2D eigenvalue weighted by Crippen LogP contribution is 2.32. The average Bonchev–Trinajstić information content (AvgIpc) is 3.10. The Morgan fingerprint density at radius 2 is 2.04 bits per heavy atom. The summed E-state index contributed by atoms with van der Waals surface area (Å²) in [6, 6.07) is 13.9. The van der Waals surface area contributed by atoms with Crippen LogP contribution in [0.5, 0.6) is 0 Å². The molecule has 1 atom stereocenters. The molecule has 0 saturated carbocycles. The van der Waals surface area contributed by atoms with E-state index in [1.807, 2.05) is 36.5 Å². The van der Waals surface area contributed by atoms with Crippen LogP contribution in [0.2, 0.25) is 5.02 Å². The van der Waals surface area contributed by atoms with E-state index in [4.69, 9.17) is 11.6 Å². The number of carbonyl (C=O) groups excluding carboxylic acids is 1. The third-order valence-corrected chi connectivity index (χ3v) is 4.66. The molecule has 0 fully saturated rings. The van der Waals surface area contributed by atoms with E-state index in [1.54, 1.807) is 24.5 Å². The van der Waals surface area contributed by atoms with Gasteiger partial charge in [-0.05, 0) is 41.0 Å². The van der Waals surface area contributed by atoms with Crippen LogP contribution < -0.4 is 5.32 Å².